The third kappa shape index (κ3) is 6.38. The summed E-state index contributed by atoms with van der Waals surface area (Å²) in [6, 6.07) is 7.67. The lowest BCUT2D eigenvalue weighted by Gasteiger charge is -2.33. The van der Waals surface area contributed by atoms with Crippen molar-refractivity contribution in [2.45, 2.75) is 26.7 Å². The van der Waals surface area contributed by atoms with Crippen LogP contribution in [0.15, 0.2) is 48.1 Å². The fraction of sp³-hybridized carbons (Fsp3) is 0.429. The van der Waals surface area contributed by atoms with Gasteiger partial charge in [-0.3, -0.25) is 0 Å². The van der Waals surface area contributed by atoms with Crippen LogP contribution in [-0.2, 0) is 16.4 Å². The van der Waals surface area contributed by atoms with E-state index >= 15 is 0 Å². The van der Waals surface area contributed by atoms with Gasteiger partial charge in [0.05, 0.1) is 5.75 Å². The van der Waals surface area contributed by atoms with Gasteiger partial charge in [0.25, 0.3) is 0 Å². The van der Waals surface area contributed by atoms with E-state index < -0.39 is 10.0 Å². The van der Waals surface area contributed by atoms with Crippen LogP contribution in [0.2, 0.25) is 5.02 Å². The molecule has 0 saturated carbocycles. The average molecular weight is 467 g/mol. The van der Waals surface area contributed by atoms with Gasteiger partial charge in [0.2, 0.25) is 15.2 Å². The molecule has 0 radical (unpaired) electrons. The van der Waals surface area contributed by atoms with Crippen molar-refractivity contribution in [3.05, 3.63) is 64.5 Å². The Morgan fingerprint density at radius 2 is 1.90 bits per heavy atom. The Kier molecular flexibility index (Phi) is 8.05. The first-order valence-corrected chi connectivity index (χ1v) is 12.7. The molecule has 6 nitrogen and oxygen atoms in total. The SMILES string of the molecule is C/C=C\C(C)=C/CCS(=O)(=O)N1CCN(c2nc(Cc3ccc(Cl)cc3)ns2)CC1. The Hall–Kier alpha value is -1.74. The van der Waals surface area contributed by atoms with Crippen molar-refractivity contribution in [2.24, 2.45) is 0 Å². The maximum atomic E-state index is 12.6. The molecular formula is C21H27ClN4O2S2. The van der Waals surface area contributed by atoms with Gasteiger partial charge >= 0.3 is 0 Å². The molecule has 1 aliphatic heterocycles. The lowest BCUT2D eigenvalue weighted by molar-refractivity contribution is 0.385. The molecule has 9 heteroatoms. The highest BCUT2D eigenvalue weighted by Crippen LogP contribution is 2.22. The second kappa shape index (κ2) is 10.5. The fourth-order valence-corrected chi connectivity index (χ4v) is 5.54. The van der Waals surface area contributed by atoms with Gasteiger partial charge in [-0.2, -0.15) is 8.68 Å². The van der Waals surface area contributed by atoms with E-state index in [9.17, 15) is 8.42 Å². The predicted octanol–water partition coefficient (Wildman–Crippen LogP) is 4.15. The van der Waals surface area contributed by atoms with Crippen LogP contribution >= 0.6 is 23.1 Å². The van der Waals surface area contributed by atoms with Gasteiger partial charge in [0, 0.05) is 49.2 Å². The highest BCUT2D eigenvalue weighted by Gasteiger charge is 2.27. The minimum absolute atomic E-state index is 0.145. The van der Waals surface area contributed by atoms with Gasteiger partial charge in [-0.1, -0.05) is 47.5 Å². The van der Waals surface area contributed by atoms with Gasteiger partial charge < -0.3 is 4.90 Å². The molecule has 2 aromatic rings. The molecule has 0 unspecified atom stereocenters. The summed E-state index contributed by atoms with van der Waals surface area (Å²) in [5, 5.41) is 1.56. The molecule has 0 aliphatic carbocycles. The van der Waals surface area contributed by atoms with Crippen molar-refractivity contribution < 1.29 is 8.42 Å². The smallest absolute Gasteiger partial charge is 0.214 e. The summed E-state index contributed by atoms with van der Waals surface area (Å²) in [5.74, 6) is 0.919. The molecule has 1 aliphatic rings. The van der Waals surface area contributed by atoms with E-state index in [0.29, 0.717) is 44.0 Å². The number of sulfonamides is 1. The molecular weight excluding hydrogens is 440 g/mol. The monoisotopic (exact) mass is 466 g/mol. The Labute approximate surface area is 188 Å². The van der Waals surface area contributed by atoms with Crippen molar-refractivity contribution >= 4 is 38.3 Å². The molecule has 0 amide bonds. The largest absolute Gasteiger partial charge is 0.344 e. The van der Waals surface area contributed by atoms with Gasteiger partial charge in [0.1, 0.15) is 5.82 Å². The molecule has 1 fully saturated rings. The van der Waals surface area contributed by atoms with Gasteiger partial charge in [-0.15, -0.1) is 0 Å². The number of allylic oxidation sites excluding steroid dienone is 4. The summed E-state index contributed by atoms with van der Waals surface area (Å²) in [4.78, 5) is 6.76. The maximum Gasteiger partial charge on any atom is 0.214 e. The first-order valence-electron chi connectivity index (χ1n) is 9.96. The number of anilines is 1. The van der Waals surface area contributed by atoms with E-state index in [1.165, 1.54) is 11.5 Å². The zero-order valence-corrected chi connectivity index (χ0v) is 19.7. The number of benzene rings is 1. The van der Waals surface area contributed by atoms with Gasteiger partial charge in [0.15, 0.2) is 0 Å². The van der Waals surface area contributed by atoms with Gasteiger partial charge in [-0.25, -0.2) is 13.4 Å². The molecule has 1 aromatic carbocycles. The summed E-state index contributed by atoms with van der Waals surface area (Å²) in [5.41, 5.74) is 2.20. The van der Waals surface area contributed by atoms with E-state index in [-0.39, 0.29) is 5.75 Å². The molecule has 30 heavy (non-hydrogen) atoms. The molecule has 0 N–H and O–H groups in total. The fourth-order valence-electron chi connectivity index (χ4n) is 3.28. The maximum absolute atomic E-state index is 12.6. The van der Waals surface area contributed by atoms with Crippen molar-refractivity contribution in [2.75, 3.05) is 36.8 Å². The van der Waals surface area contributed by atoms with Crippen LogP contribution in [0.3, 0.4) is 0 Å². The van der Waals surface area contributed by atoms with Crippen molar-refractivity contribution in [1.82, 2.24) is 13.7 Å². The van der Waals surface area contributed by atoms with E-state index in [1.807, 2.05) is 56.3 Å². The first-order chi connectivity index (χ1) is 14.4. The van der Waals surface area contributed by atoms with Crippen molar-refractivity contribution in [1.29, 1.82) is 0 Å². The molecule has 2 heterocycles. The summed E-state index contributed by atoms with van der Waals surface area (Å²) >= 11 is 7.30. The van der Waals surface area contributed by atoms with E-state index in [1.54, 1.807) is 4.31 Å². The predicted molar refractivity (Wildman–Crippen MR) is 125 cm³/mol. The van der Waals surface area contributed by atoms with E-state index in [0.717, 1.165) is 22.1 Å². The summed E-state index contributed by atoms with van der Waals surface area (Å²) < 4.78 is 31.3. The van der Waals surface area contributed by atoms with Gasteiger partial charge in [-0.05, 0) is 38.0 Å². The minimum Gasteiger partial charge on any atom is -0.344 e. The Bertz CT molecular complexity index is 992. The van der Waals surface area contributed by atoms with Crippen molar-refractivity contribution in [3.63, 3.8) is 0 Å². The number of halogens is 1. The quantitative estimate of drug-likeness (QED) is 0.547. The first kappa shape index (κ1) is 22.9. The standard InChI is InChI=1S/C21H27ClN4O2S2/c1-3-5-17(2)6-4-15-30(27,28)26-13-11-25(12-14-26)21-23-20(24-29-21)16-18-7-9-19(22)10-8-18/h3,5-10H,4,11-16H2,1-2H3/b5-3-,17-6-. The minimum atomic E-state index is -3.24. The third-order valence-electron chi connectivity index (χ3n) is 4.91. The molecule has 1 aromatic heterocycles. The van der Waals surface area contributed by atoms with Crippen LogP contribution in [-0.4, -0.2) is 54.0 Å². The molecule has 0 spiro atoms. The number of hydrogen-bond donors (Lipinski definition) is 0. The number of aromatic nitrogens is 2. The summed E-state index contributed by atoms with van der Waals surface area (Å²) in [7, 11) is -3.24. The zero-order chi connectivity index (χ0) is 21.6. The zero-order valence-electron chi connectivity index (χ0n) is 17.3. The Morgan fingerprint density at radius 1 is 1.20 bits per heavy atom. The van der Waals surface area contributed by atoms with E-state index in [2.05, 4.69) is 14.3 Å². The van der Waals surface area contributed by atoms with Crippen LogP contribution < -0.4 is 4.90 Å². The molecule has 1 saturated heterocycles. The average Bonchev–Trinajstić information content (AvgIpc) is 3.18. The van der Waals surface area contributed by atoms with Crippen LogP contribution in [0, 0.1) is 0 Å². The second-order valence-electron chi connectivity index (χ2n) is 7.24. The molecule has 0 atom stereocenters. The number of piperazine rings is 1. The summed E-state index contributed by atoms with van der Waals surface area (Å²) in [6.07, 6.45) is 7.09. The number of rotatable bonds is 8. The lowest BCUT2D eigenvalue weighted by atomic mass is 10.1. The number of nitrogens with zero attached hydrogens (tertiary/aromatic N) is 4. The number of hydrogen-bond acceptors (Lipinski definition) is 6. The molecule has 3 rings (SSSR count). The van der Waals surface area contributed by atoms with Crippen LogP contribution in [0.5, 0.6) is 0 Å². The highest BCUT2D eigenvalue weighted by atomic mass is 35.5. The summed E-state index contributed by atoms with van der Waals surface area (Å²) in [6.45, 7) is 6.14. The van der Waals surface area contributed by atoms with Crippen LogP contribution in [0.25, 0.3) is 0 Å². The topological polar surface area (TPSA) is 66.4 Å². The third-order valence-corrected chi connectivity index (χ3v) is 7.88. The normalized spacial score (nSPS) is 16.5. The highest BCUT2D eigenvalue weighted by molar-refractivity contribution is 7.89. The lowest BCUT2D eigenvalue weighted by Crippen LogP contribution is -2.49. The van der Waals surface area contributed by atoms with Crippen LogP contribution in [0.1, 0.15) is 31.7 Å². The second-order valence-corrected chi connectivity index (χ2v) is 10.5. The molecule has 0 bridgehead atoms. The Balaban J connectivity index is 1.52. The Morgan fingerprint density at radius 3 is 2.57 bits per heavy atom. The van der Waals surface area contributed by atoms with Crippen LogP contribution in [0.4, 0.5) is 5.13 Å². The molecule has 162 valence electrons. The van der Waals surface area contributed by atoms with Crippen molar-refractivity contribution in [3.8, 4) is 0 Å². The van der Waals surface area contributed by atoms with E-state index in [4.69, 9.17) is 11.6 Å².